The molecule has 33 heavy (non-hydrogen) atoms. The van der Waals surface area contributed by atoms with Crippen LogP contribution >= 0.6 is 27.5 Å². The van der Waals surface area contributed by atoms with Gasteiger partial charge in [0.2, 0.25) is 10.0 Å². The summed E-state index contributed by atoms with van der Waals surface area (Å²) < 4.78 is 23.9. The molecular weight excluding hydrogens is 524 g/mol. The number of amides is 1. The van der Waals surface area contributed by atoms with Crippen LogP contribution in [0.15, 0.2) is 93.8 Å². The lowest BCUT2D eigenvalue weighted by Gasteiger charge is -2.21. The molecule has 8 heteroatoms. The summed E-state index contributed by atoms with van der Waals surface area (Å²) in [4.78, 5) is 15.1. The van der Waals surface area contributed by atoms with E-state index in [1.165, 1.54) is 12.1 Å². The van der Waals surface area contributed by atoms with E-state index in [0.717, 1.165) is 26.9 Å². The molecule has 2 N–H and O–H groups in total. The molecule has 1 aliphatic rings. The number of benzene rings is 3. The van der Waals surface area contributed by atoms with Gasteiger partial charge in [0.05, 0.1) is 10.6 Å². The summed E-state index contributed by atoms with van der Waals surface area (Å²) in [7, 11) is -3.74. The Balaban J connectivity index is 1.62. The molecule has 5 nitrogen and oxygen atoms in total. The highest BCUT2D eigenvalue weighted by atomic mass is 79.9. The smallest absolute Gasteiger partial charge is 0.258 e. The molecule has 0 saturated carbocycles. The first-order chi connectivity index (χ1) is 15.7. The van der Waals surface area contributed by atoms with Gasteiger partial charge < -0.3 is 4.90 Å². The Morgan fingerprint density at radius 1 is 0.939 bits per heavy atom. The van der Waals surface area contributed by atoms with E-state index in [0.29, 0.717) is 23.6 Å². The third-order valence-corrected chi connectivity index (χ3v) is 6.99. The summed E-state index contributed by atoms with van der Waals surface area (Å²) in [6, 6.07) is 21.5. The first-order valence-electron chi connectivity index (χ1n) is 10.1. The van der Waals surface area contributed by atoms with Gasteiger partial charge in [-0.15, -0.1) is 0 Å². The van der Waals surface area contributed by atoms with E-state index in [9.17, 15) is 13.2 Å². The van der Waals surface area contributed by atoms with Crippen LogP contribution in [0.25, 0.3) is 11.8 Å². The van der Waals surface area contributed by atoms with E-state index in [1.54, 1.807) is 29.2 Å². The van der Waals surface area contributed by atoms with Crippen molar-refractivity contribution < 1.29 is 13.2 Å². The number of halogens is 2. The Bertz CT molecular complexity index is 1350. The van der Waals surface area contributed by atoms with E-state index >= 15 is 0 Å². The van der Waals surface area contributed by atoms with Gasteiger partial charge in [-0.25, -0.2) is 13.6 Å². The van der Waals surface area contributed by atoms with Crippen LogP contribution in [0.1, 0.15) is 16.7 Å². The van der Waals surface area contributed by atoms with E-state index in [1.807, 2.05) is 48.6 Å². The SMILES string of the molecule is NS(=O)(=O)c1ccc(CCN2C(=O)/C(=C\c3ccc(Br)cc3)C=C2c2ccc(Cl)cc2)cc1. The van der Waals surface area contributed by atoms with Gasteiger partial charge in [-0.05, 0) is 71.7 Å². The van der Waals surface area contributed by atoms with Crippen molar-refractivity contribution in [3.05, 3.63) is 111 Å². The van der Waals surface area contributed by atoms with Crippen molar-refractivity contribution in [3.63, 3.8) is 0 Å². The van der Waals surface area contributed by atoms with Crippen LogP contribution in [0.4, 0.5) is 0 Å². The van der Waals surface area contributed by atoms with Crippen molar-refractivity contribution in [2.45, 2.75) is 11.3 Å². The minimum Gasteiger partial charge on any atom is -0.307 e. The molecule has 4 rings (SSSR count). The number of sulfonamides is 1. The third-order valence-electron chi connectivity index (χ3n) is 5.28. The molecule has 1 aliphatic heterocycles. The highest BCUT2D eigenvalue weighted by Crippen LogP contribution is 2.32. The first kappa shape index (κ1) is 23.4. The number of carbonyl (C=O) groups is 1. The molecule has 3 aromatic carbocycles. The molecular formula is C25H20BrClN2O3S. The van der Waals surface area contributed by atoms with Crippen LogP contribution in [0.5, 0.6) is 0 Å². The summed E-state index contributed by atoms with van der Waals surface area (Å²) in [6.07, 6.45) is 4.30. The van der Waals surface area contributed by atoms with Crippen LogP contribution in [0.2, 0.25) is 5.02 Å². The average molecular weight is 544 g/mol. The molecule has 0 unspecified atom stereocenters. The Morgan fingerprint density at radius 2 is 1.58 bits per heavy atom. The molecule has 168 valence electrons. The molecule has 0 saturated heterocycles. The summed E-state index contributed by atoms with van der Waals surface area (Å²) in [5, 5.41) is 5.79. The van der Waals surface area contributed by atoms with Crippen LogP contribution in [0, 0.1) is 0 Å². The highest BCUT2D eigenvalue weighted by molar-refractivity contribution is 9.10. The quantitative estimate of drug-likeness (QED) is 0.431. The number of carbonyl (C=O) groups excluding carboxylic acids is 1. The number of hydrogen-bond acceptors (Lipinski definition) is 3. The monoisotopic (exact) mass is 542 g/mol. The third kappa shape index (κ3) is 5.62. The molecule has 1 amide bonds. The van der Waals surface area contributed by atoms with E-state index in [2.05, 4.69) is 15.9 Å². The van der Waals surface area contributed by atoms with E-state index in [4.69, 9.17) is 16.7 Å². The number of primary sulfonamides is 1. The largest absolute Gasteiger partial charge is 0.307 e. The summed E-state index contributed by atoms with van der Waals surface area (Å²) in [5.41, 5.74) is 4.09. The normalized spacial score (nSPS) is 15.2. The average Bonchev–Trinajstić information content (AvgIpc) is 3.09. The molecule has 0 fully saturated rings. The maximum atomic E-state index is 13.3. The number of hydrogen-bond donors (Lipinski definition) is 1. The highest BCUT2D eigenvalue weighted by Gasteiger charge is 2.28. The van der Waals surface area contributed by atoms with Gasteiger partial charge in [0.25, 0.3) is 5.91 Å². The summed E-state index contributed by atoms with van der Waals surface area (Å²) in [5.74, 6) is -0.0935. The van der Waals surface area contributed by atoms with Gasteiger partial charge in [-0.3, -0.25) is 4.79 Å². The van der Waals surface area contributed by atoms with E-state index in [-0.39, 0.29) is 10.8 Å². The topological polar surface area (TPSA) is 80.5 Å². The molecule has 0 radical (unpaired) electrons. The van der Waals surface area contributed by atoms with Crippen LogP contribution in [-0.2, 0) is 21.2 Å². The molecule has 1 heterocycles. The molecule has 0 aliphatic carbocycles. The van der Waals surface area contributed by atoms with Gasteiger partial charge in [0.1, 0.15) is 0 Å². The maximum absolute atomic E-state index is 13.3. The predicted molar refractivity (Wildman–Crippen MR) is 135 cm³/mol. The van der Waals surface area contributed by atoms with E-state index < -0.39 is 10.0 Å². The zero-order valence-corrected chi connectivity index (χ0v) is 20.6. The fraction of sp³-hybridized carbons (Fsp3) is 0.0800. The van der Waals surface area contributed by atoms with Gasteiger partial charge in [0, 0.05) is 21.6 Å². The van der Waals surface area contributed by atoms with Crippen LogP contribution in [-0.4, -0.2) is 25.8 Å². The second-order valence-corrected chi connectivity index (χ2v) is 10.5. The summed E-state index contributed by atoms with van der Waals surface area (Å²) >= 11 is 9.48. The predicted octanol–water partition coefficient (Wildman–Crippen LogP) is 5.26. The lowest BCUT2D eigenvalue weighted by molar-refractivity contribution is -0.122. The summed E-state index contributed by atoms with van der Waals surface area (Å²) in [6.45, 7) is 0.430. The Hall–Kier alpha value is -2.71. The van der Waals surface area contributed by atoms with Crippen molar-refractivity contribution >= 4 is 55.2 Å². The number of rotatable bonds is 6. The molecule has 0 aromatic heterocycles. The van der Waals surface area contributed by atoms with Crippen molar-refractivity contribution in [1.29, 1.82) is 0 Å². The number of nitrogens with zero attached hydrogens (tertiary/aromatic N) is 1. The van der Waals surface area contributed by atoms with Crippen molar-refractivity contribution in [1.82, 2.24) is 4.90 Å². The minimum atomic E-state index is -3.74. The Labute approximate surface area is 206 Å². The van der Waals surface area contributed by atoms with Gasteiger partial charge in [0.15, 0.2) is 0 Å². The van der Waals surface area contributed by atoms with Crippen molar-refractivity contribution in [2.75, 3.05) is 6.54 Å². The molecule has 0 atom stereocenters. The zero-order chi connectivity index (χ0) is 23.6. The second kappa shape index (κ2) is 9.65. The lowest BCUT2D eigenvalue weighted by Crippen LogP contribution is -2.27. The Morgan fingerprint density at radius 3 is 2.18 bits per heavy atom. The second-order valence-electron chi connectivity index (χ2n) is 7.58. The standard InChI is InChI=1S/C25H20BrClN2O3S/c26-21-7-1-18(2-8-21)15-20-16-24(19-5-9-22(27)10-6-19)29(25(20)30)14-13-17-3-11-23(12-4-17)33(28,31)32/h1-12,15-16H,13-14H2,(H2,28,31,32)/b20-15-. The first-order valence-corrected chi connectivity index (χ1v) is 12.8. The van der Waals surface area contributed by atoms with Gasteiger partial charge in [-0.1, -0.05) is 63.9 Å². The van der Waals surface area contributed by atoms with Crippen molar-refractivity contribution in [2.24, 2.45) is 5.14 Å². The minimum absolute atomic E-state index is 0.0602. The van der Waals surface area contributed by atoms with Gasteiger partial charge >= 0.3 is 0 Å². The fourth-order valence-corrected chi connectivity index (χ4v) is 4.47. The fourth-order valence-electron chi connectivity index (χ4n) is 3.56. The zero-order valence-electron chi connectivity index (χ0n) is 17.4. The molecule has 0 bridgehead atoms. The Kier molecular flexibility index (Phi) is 6.86. The van der Waals surface area contributed by atoms with Crippen LogP contribution in [0.3, 0.4) is 0 Å². The van der Waals surface area contributed by atoms with Crippen LogP contribution < -0.4 is 5.14 Å². The molecule has 0 spiro atoms. The van der Waals surface area contributed by atoms with Gasteiger partial charge in [-0.2, -0.15) is 0 Å². The molecule has 3 aromatic rings. The maximum Gasteiger partial charge on any atom is 0.258 e. The van der Waals surface area contributed by atoms with Crippen molar-refractivity contribution in [3.8, 4) is 0 Å². The lowest BCUT2D eigenvalue weighted by atomic mass is 10.1. The number of nitrogens with two attached hydrogens (primary N) is 1.